The summed E-state index contributed by atoms with van der Waals surface area (Å²) in [4.78, 5) is 23.6. The molecule has 0 unspecified atom stereocenters. The van der Waals surface area contributed by atoms with Gasteiger partial charge in [-0.1, -0.05) is 32.4 Å². The number of aliphatic carboxylic acids is 1. The molecule has 0 aliphatic carbocycles. The predicted molar refractivity (Wildman–Crippen MR) is 99.3 cm³/mol. The van der Waals surface area contributed by atoms with Gasteiger partial charge in [-0.3, -0.25) is 9.36 Å². The molecular weight excluding hydrogens is 357 g/mol. The van der Waals surface area contributed by atoms with Crippen LogP contribution in [0.5, 0.6) is 0 Å². The Kier molecular flexibility index (Phi) is 8.99. The molecule has 7 nitrogen and oxygen atoms in total. The average Bonchev–Trinajstić information content (AvgIpc) is 2.59. The molecule has 0 radical (unpaired) electrons. The lowest BCUT2D eigenvalue weighted by atomic mass is 9.99. The van der Waals surface area contributed by atoms with E-state index in [4.69, 9.17) is 9.05 Å². The maximum Gasteiger partial charge on any atom is 0.335 e. The number of nitrogens with one attached hydrogen (secondary N) is 1. The van der Waals surface area contributed by atoms with E-state index in [0.717, 1.165) is 0 Å². The topological polar surface area (TPSA) is 102 Å². The molecule has 0 heterocycles. The van der Waals surface area contributed by atoms with E-state index in [1.807, 2.05) is 6.92 Å². The highest BCUT2D eigenvalue weighted by Gasteiger charge is 2.26. The van der Waals surface area contributed by atoms with Crippen molar-refractivity contribution >= 4 is 19.5 Å². The van der Waals surface area contributed by atoms with Crippen molar-refractivity contribution in [1.82, 2.24) is 5.32 Å². The Balaban J connectivity index is 2.84. The standard InChI is InChI=1S/C18H28NO6P/c1-5-13(4)16(18(21)22)19-17(20)15-10-8-14(9-11-15)12-26(23,24-6-2)25-7-3/h8-11,13,16H,5-7,12H2,1-4H3,(H,19,20)(H,21,22)/t13-,16+/m1/s1. The second-order valence-electron chi connectivity index (χ2n) is 5.98. The van der Waals surface area contributed by atoms with Crippen molar-refractivity contribution in [3.05, 3.63) is 35.4 Å². The van der Waals surface area contributed by atoms with Crippen molar-refractivity contribution in [3.63, 3.8) is 0 Å². The van der Waals surface area contributed by atoms with Gasteiger partial charge in [-0.15, -0.1) is 0 Å². The fourth-order valence-electron chi connectivity index (χ4n) is 2.41. The van der Waals surface area contributed by atoms with Gasteiger partial charge in [-0.25, -0.2) is 4.79 Å². The lowest BCUT2D eigenvalue weighted by Gasteiger charge is -2.20. The molecule has 1 amide bonds. The molecule has 146 valence electrons. The lowest BCUT2D eigenvalue weighted by Crippen LogP contribution is -2.45. The molecule has 1 rings (SSSR count). The summed E-state index contributed by atoms with van der Waals surface area (Å²) in [7, 11) is -3.21. The van der Waals surface area contributed by atoms with Crippen LogP contribution in [-0.4, -0.2) is 36.2 Å². The van der Waals surface area contributed by atoms with Crippen LogP contribution in [0.2, 0.25) is 0 Å². The van der Waals surface area contributed by atoms with E-state index in [0.29, 0.717) is 17.5 Å². The molecule has 0 saturated carbocycles. The summed E-state index contributed by atoms with van der Waals surface area (Å²) in [5, 5.41) is 11.8. The first-order valence-corrected chi connectivity index (χ1v) is 10.5. The van der Waals surface area contributed by atoms with E-state index in [2.05, 4.69) is 5.32 Å². The molecule has 0 bridgehead atoms. The monoisotopic (exact) mass is 385 g/mol. The Morgan fingerprint density at radius 3 is 2.08 bits per heavy atom. The minimum absolute atomic E-state index is 0.112. The quantitative estimate of drug-likeness (QED) is 0.564. The van der Waals surface area contributed by atoms with E-state index >= 15 is 0 Å². The Bertz CT molecular complexity index is 636. The Labute approximate surface area is 154 Å². The highest BCUT2D eigenvalue weighted by Crippen LogP contribution is 2.51. The molecule has 2 atom stereocenters. The zero-order chi connectivity index (χ0) is 19.7. The van der Waals surface area contributed by atoms with Crippen LogP contribution in [-0.2, 0) is 24.6 Å². The molecule has 0 fully saturated rings. The molecule has 26 heavy (non-hydrogen) atoms. The number of carbonyl (C=O) groups excluding carboxylic acids is 1. The molecule has 0 aromatic heterocycles. The first kappa shape index (κ1) is 22.4. The predicted octanol–water partition coefficient (Wildman–Crippen LogP) is 3.68. The Morgan fingerprint density at radius 1 is 1.12 bits per heavy atom. The number of hydrogen-bond donors (Lipinski definition) is 2. The van der Waals surface area contributed by atoms with Gasteiger partial charge in [0.2, 0.25) is 0 Å². The highest BCUT2D eigenvalue weighted by atomic mass is 31.2. The van der Waals surface area contributed by atoms with Crippen molar-refractivity contribution < 1.29 is 28.3 Å². The molecule has 8 heteroatoms. The van der Waals surface area contributed by atoms with Crippen molar-refractivity contribution in [1.29, 1.82) is 0 Å². The summed E-state index contributed by atoms with van der Waals surface area (Å²) >= 11 is 0. The van der Waals surface area contributed by atoms with E-state index in [-0.39, 0.29) is 25.3 Å². The van der Waals surface area contributed by atoms with Crippen molar-refractivity contribution in [3.8, 4) is 0 Å². The molecule has 0 spiro atoms. The molecule has 1 aromatic carbocycles. The number of amides is 1. The first-order chi connectivity index (χ1) is 12.3. The maximum atomic E-state index is 12.5. The largest absolute Gasteiger partial charge is 0.480 e. The maximum absolute atomic E-state index is 12.5. The van der Waals surface area contributed by atoms with Crippen LogP contribution in [0.15, 0.2) is 24.3 Å². The number of carbonyl (C=O) groups is 2. The number of carboxylic acid groups (broad SMARTS) is 1. The zero-order valence-electron chi connectivity index (χ0n) is 15.7. The van der Waals surface area contributed by atoms with Crippen LogP contribution < -0.4 is 5.32 Å². The summed E-state index contributed by atoms with van der Waals surface area (Å²) in [6.07, 6.45) is 0.752. The number of hydrogen-bond acceptors (Lipinski definition) is 5. The summed E-state index contributed by atoms with van der Waals surface area (Å²) in [5.74, 6) is -1.69. The molecule has 1 aromatic rings. The van der Waals surface area contributed by atoms with Gasteiger partial charge in [0.25, 0.3) is 5.91 Å². The first-order valence-electron chi connectivity index (χ1n) is 8.77. The summed E-state index contributed by atoms with van der Waals surface area (Å²) < 4.78 is 23.1. The van der Waals surface area contributed by atoms with Crippen molar-refractivity contribution in [2.75, 3.05) is 13.2 Å². The molecule has 0 aliphatic heterocycles. The van der Waals surface area contributed by atoms with E-state index in [1.165, 1.54) is 0 Å². The van der Waals surface area contributed by atoms with Gasteiger partial charge < -0.3 is 19.5 Å². The molecule has 0 aliphatic rings. The number of carboxylic acids is 1. The van der Waals surface area contributed by atoms with Gasteiger partial charge in [-0.05, 0) is 37.5 Å². The normalized spacial score (nSPS) is 13.8. The summed E-state index contributed by atoms with van der Waals surface area (Å²) in [6.45, 7) is 7.70. The van der Waals surface area contributed by atoms with Gasteiger partial charge >= 0.3 is 13.6 Å². The van der Waals surface area contributed by atoms with Crippen molar-refractivity contribution in [2.45, 2.75) is 46.3 Å². The van der Waals surface area contributed by atoms with Crippen molar-refractivity contribution in [2.24, 2.45) is 5.92 Å². The van der Waals surface area contributed by atoms with E-state index in [9.17, 15) is 19.3 Å². The van der Waals surface area contributed by atoms with E-state index in [1.54, 1.807) is 45.0 Å². The Hall–Kier alpha value is -1.69. The highest BCUT2D eigenvalue weighted by molar-refractivity contribution is 7.53. The summed E-state index contributed by atoms with van der Waals surface area (Å²) in [5.41, 5.74) is 1.05. The molecular formula is C18H28NO6P. The number of benzene rings is 1. The molecule has 2 N–H and O–H groups in total. The van der Waals surface area contributed by atoms with Crippen LogP contribution in [0, 0.1) is 5.92 Å². The summed E-state index contributed by atoms with van der Waals surface area (Å²) in [6, 6.07) is 5.53. The third-order valence-corrected chi connectivity index (χ3v) is 6.07. The van der Waals surface area contributed by atoms with E-state index < -0.39 is 25.5 Å². The second kappa shape index (κ2) is 10.5. The van der Waals surface area contributed by atoms with Gasteiger partial charge in [0.15, 0.2) is 0 Å². The smallest absolute Gasteiger partial charge is 0.335 e. The lowest BCUT2D eigenvalue weighted by molar-refractivity contribution is -0.140. The SMILES string of the molecule is CCOP(=O)(Cc1ccc(C(=O)N[C@H](C(=O)O)[C@H](C)CC)cc1)OCC. The van der Waals surface area contributed by atoms with Gasteiger partial charge in [0.1, 0.15) is 6.04 Å². The van der Waals surface area contributed by atoms with Gasteiger partial charge in [0.05, 0.1) is 19.4 Å². The zero-order valence-corrected chi connectivity index (χ0v) is 16.6. The van der Waals surface area contributed by atoms with Crippen LogP contribution in [0.3, 0.4) is 0 Å². The van der Waals surface area contributed by atoms with Gasteiger partial charge in [-0.2, -0.15) is 0 Å². The average molecular weight is 385 g/mol. The molecule has 0 saturated heterocycles. The van der Waals surface area contributed by atoms with Crippen LogP contribution in [0.1, 0.15) is 50.0 Å². The second-order valence-corrected chi connectivity index (χ2v) is 8.03. The fraction of sp³-hybridized carbons (Fsp3) is 0.556. The van der Waals surface area contributed by atoms with Gasteiger partial charge in [0, 0.05) is 5.56 Å². The fourth-order valence-corrected chi connectivity index (χ4v) is 4.12. The van der Waals surface area contributed by atoms with Crippen LogP contribution >= 0.6 is 7.60 Å². The Morgan fingerprint density at radius 2 is 1.65 bits per heavy atom. The minimum Gasteiger partial charge on any atom is -0.480 e. The number of rotatable bonds is 11. The van der Waals surface area contributed by atoms with Crippen LogP contribution in [0.4, 0.5) is 0 Å². The third kappa shape index (κ3) is 6.56. The minimum atomic E-state index is -3.21. The third-order valence-electron chi connectivity index (χ3n) is 4.01. The van der Waals surface area contributed by atoms with Crippen LogP contribution in [0.25, 0.3) is 0 Å².